The molecular weight excluding hydrogens is 338 g/mol. The highest BCUT2D eigenvalue weighted by atomic mass is 35.5. The van der Waals surface area contributed by atoms with Crippen LogP contribution in [0.5, 0.6) is 0 Å². The summed E-state index contributed by atoms with van der Waals surface area (Å²) in [6, 6.07) is 14.5. The smallest absolute Gasteiger partial charge is 0.247 e. The molecule has 130 valence electrons. The maximum atomic E-state index is 12.6. The van der Waals surface area contributed by atoms with E-state index in [2.05, 4.69) is 16.0 Å². The standard InChI is InChI=1S/C19H20ClN3O2/c1-12(24)21-17-10-9-15(11-16(17)20)22-18(13-5-3-2-4-6-13)19(25)23-14-7-8-14/h2-6,9-11,14,18,22H,7-8H2,1H3,(H,21,24)(H,23,25)/t18-/m1/s1. The van der Waals surface area contributed by atoms with Gasteiger partial charge in [0.15, 0.2) is 0 Å². The molecule has 2 amide bonds. The third kappa shape index (κ3) is 4.73. The molecule has 3 N–H and O–H groups in total. The highest BCUT2D eigenvalue weighted by molar-refractivity contribution is 6.34. The topological polar surface area (TPSA) is 70.2 Å². The minimum absolute atomic E-state index is 0.0595. The van der Waals surface area contributed by atoms with Crippen molar-refractivity contribution in [2.24, 2.45) is 0 Å². The van der Waals surface area contributed by atoms with Crippen molar-refractivity contribution in [2.75, 3.05) is 10.6 Å². The molecule has 0 bridgehead atoms. The number of carbonyl (C=O) groups excluding carboxylic acids is 2. The van der Waals surface area contributed by atoms with Crippen molar-refractivity contribution in [3.63, 3.8) is 0 Å². The number of hydrogen-bond donors (Lipinski definition) is 3. The zero-order chi connectivity index (χ0) is 17.8. The summed E-state index contributed by atoms with van der Waals surface area (Å²) in [5.41, 5.74) is 2.13. The molecule has 0 radical (unpaired) electrons. The van der Waals surface area contributed by atoms with Crippen molar-refractivity contribution in [3.05, 3.63) is 59.1 Å². The Morgan fingerprint density at radius 1 is 1.12 bits per heavy atom. The minimum atomic E-state index is -0.510. The Morgan fingerprint density at radius 2 is 1.84 bits per heavy atom. The third-order valence-electron chi connectivity index (χ3n) is 3.91. The second-order valence-electron chi connectivity index (χ2n) is 6.15. The van der Waals surface area contributed by atoms with Crippen LogP contribution in [0.1, 0.15) is 31.4 Å². The predicted octanol–water partition coefficient (Wildman–Crippen LogP) is 3.73. The molecule has 1 aliphatic carbocycles. The van der Waals surface area contributed by atoms with Crippen LogP contribution in [0.2, 0.25) is 5.02 Å². The number of benzene rings is 2. The van der Waals surface area contributed by atoms with E-state index in [9.17, 15) is 9.59 Å². The number of carbonyl (C=O) groups is 2. The van der Waals surface area contributed by atoms with Gasteiger partial charge >= 0.3 is 0 Å². The lowest BCUT2D eigenvalue weighted by molar-refractivity contribution is -0.122. The fourth-order valence-corrected chi connectivity index (χ4v) is 2.75. The molecule has 0 spiro atoms. The maximum Gasteiger partial charge on any atom is 0.247 e. The van der Waals surface area contributed by atoms with Crippen molar-refractivity contribution in [1.29, 1.82) is 0 Å². The van der Waals surface area contributed by atoms with E-state index in [0.29, 0.717) is 16.4 Å². The maximum absolute atomic E-state index is 12.6. The van der Waals surface area contributed by atoms with Gasteiger partial charge in [-0.05, 0) is 36.6 Å². The lowest BCUT2D eigenvalue weighted by Crippen LogP contribution is -2.34. The number of nitrogens with one attached hydrogen (secondary N) is 3. The summed E-state index contributed by atoms with van der Waals surface area (Å²) < 4.78 is 0. The van der Waals surface area contributed by atoms with E-state index in [1.54, 1.807) is 18.2 Å². The van der Waals surface area contributed by atoms with Crippen LogP contribution in [0.25, 0.3) is 0 Å². The number of halogens is 1. The molecule has 0 saturated heterocycles. The molecule has 0 unspecified atom stereocenters. The van der Waals surface area contributed by atoms with Gasteiger partial charge in [-0.1, -0.05) is 41.9 Å². The van der Waals surface area contributed by atoms with Crippen molar-refractivity contribution in [3.8, 4) is 0 Å². The van der Waals surface area contributed by atoms with Crippen LogP contribution in [0, 0.1) is 0 Å². The molecule has 3 rings (SSSR count). The zero-order valence-electron chi connectivity index (χ0n) is 13.9. The average Bonchev–Trinajstić information content (AvgIpc) is 3.39. The molecule has 6 heteroatoms. The van der Waals surface area contributed by atoms with E-state index < -0.39 is 6.04 Å². The number of hydrogen-bond acceptors (Lipinski definition) is 3. The first-order valence-electron chi connectivity index (χ1n) is 8.22. The normalized spacial score (nSPS) is 14.5. The molecule has 2 aromatic rings. The molecule has 0 aromatic heterocycles. The molecule has 0 heterocycles. The van der Waals surface area contributed by atoms with E-state index in [1.807, 2.05) is 30.3 Å². The van der Waals surface area contributed by atoms with Gasteiger partial charge < -0.3 is 16.0 Å². The summed E-state index contributed by atoms with van der Waals surface area (Å²) in [6.07, 6.45) is 2.06. The number of rotatable bonds is 6. The molecule has 0 aliphatic heterocycles. The van der Waals surface area contributed by atoms with Gasteiger partial charge in [0.2, 0.25) is 11.8 Å². The Balaban J connectivity index is 1.80. The van der Waals surface area contributed by atoms with Gasteiger partial charge in [0.25, 0.3) is 0 Å². The largest absolute Gasteiger partial charge is 0.370 e. The summed E-state index contributed by atoms with van der Waals surface area (Å²) >= 11 is 6.22. The highest BCUT2D eigenvalue weighted by Gasteiger charge is 2.28. The molecule has 1 fully saturated rings. The van der Waals surface area contributed by atoms with Gasteiger partial charge in [0, 0.05) is 18.7 Å². The highest BCUT2D eigenvalue weighted by Crippen LogP contribution is 2.29. The fraction of sp³-hybridized carbons (Fsp3) is 0.263. The first-order chi connectivity index (χ1) is 12.0. The van der Waals surface area contributed by atoms with Crippen molar-refractivity contribution in [1.82, 2.24) is 5.32 Å². The van der Waals surface area contributed by atoms with Gasteiger partial charge in [-0.2, -0.15) is 0 Å². The second kappa shape index (κ2) is 7.57. The lowest BCUT2D eigenvalue weighted by atomic mass is 10.1. The molecule has 25 heavy (non-hydrogen) atoms. The molecule has 1 atom stereocenters. The third-order valence-corrected chi connectivity index (χ3v) is 4.22. The molecular formula is C19H20ClN3O2. The lowest BCUT2D eigenvalue weighted by Gasteiger charge is -2.20. The summed E-state index contributed by atoms with van der Waals surface area (Å²) in [7, 11) is 0. The summed E-state index contributed by atoms with van der Waals surface area (Å²) in [5.74, 6) is -0.246. The van der Waals surface area contributed by atoms with Gasteiger partial charge in [0.1, 0.15) is 6.04 Å². The van der Waals surface area contributed by atoms with E-state index in [4.69, 9.17) is 11.6 Å². The van der Waals surface area contributed by atoms with Crippen molar-refractivity contribution < 1.29 is 9.59 Å². The van der Waals surface area contributed by atoms with Crippen LogP contribution in [0.15, 0.2) is 48.5 Å². The Labute approximate surface area is 151 Å². The second-order valence-corrected chi connectivity index (χ2v) is 6.55. The summed E-state index contributed by atoms with van der Waals surface area (Å²) in [5, 5.41) is 9.35. The predicted molar refractivity (Wildman–Crippen MR) is 99.7 cm³/mol. The van der Waals surface area contributed by atoms with Crippen molar-refractivity contribution in [2.45, 2.75) is 31.8 Å². The molecule has 1 saturated carbocycles. The van der Waals surface area contributed by atoms with Gasteiger partial charge in [-0.25, -0.2) is 0 Å². The van der Waals surface area contributed by atoms with E-state index in [1.165, 1.54) is 6.92 Å². The zero-order valence-corrected chi connectivity index (χ0v) is 14.6. The Hall–Kier alpha value is -2.53. The summed E-state index contributed by atoms with van der Waals surface area (Å²) in [6.45, 7) is 1.43. The van der Waals surface area contributed by atoms with Crippen LogP contribution in [0.3, 0.4) is 0 Å². The van der Waals surface area contributed by atoms with Crippen LogP contribution >= 0.6 is 11.6 Å². The van der Waals surface area contributed by atoms with Gasteiger partial charge in [0.05, 0.1) is 10.7 Å². The van der Waals surface area contributed by atoms with Gasteiger partial charge in [-0.3, -0.25) is 9.59 Å². The van der Waals surface area contributed by atoms with Crippen LogP contribution in [-0.4, -0.2) is 17.9 Å². The average molecular weight is 358 g/mol. The SMILES string of the molecule is CC(=O)Nc1ccc(N[C@@H](C(=O)NC2CC2)c2ccccc2)cc1Cl. The monoisotopic (exact) mass is 357 g/mol. The Morgan fingerprint density at radius 3 is 2.44 bits per heavy atom. The van der Waals surface area contributed by atoms with E-state index in [0.717, 1.165) is 18.4 Å². The van der Waals surface area contributed by atoms with Crippen LogP contribution < -0.4 is 16.0 Å². The first kappa shape index (κ1) is 17.3. The molecule has 1 aliphatic rings. The molecule has 5 nitrogen and oxygen atoms in total. The minimum Gasteiger partial charge on any atom is -0.370 e. The quantitative estimate of drug-likeness (QED) is 0.737. The Kier molecular flexibility index (Phi) is 5.24. The fourth-order valence-electron chi connectivity index (χ4n) is 2.52. The first-order valence-corrected chi connectivity index (χ1v) is 8.60. The molecule has 2 aromatic carbocycles. The van der Waals surface area contributed by atoms with E-state index in [-0.39, 0.29) is 17.9 Å². The van der Waals surface area contributed by atoms with E-state index >= 15 is 0 Å². The van der Waals surface area contributed by atoms with Crippen LogP contribution in [-0.2, 0) is 9.59 Å². The summed E-state index contributed by atoms with van der Waals surface area (Å²) in [4.78, 5) is 23.8. The van der Waals surface area contributed by atoms with Gasteiger partial charge in [-0.15, -0.1) is 0 Å². The Bertz CT molecular complexity index is 775. The van der Waals surface area contributed by atoms with Crippen molar-refractivity contribution >= 4 is 34.8 Å². The van der Waals surface area contributed by atoms with Crippen LogP contribution in [0.4, 0.5) is 11.4 Å². The number of anilines is 2. The number of amides is 2.